The second-order valence-corrected chi connectivity index (χ2v) is 11.0. The topological polar surface area (TPSA) is 107 Å². The molecule has 0 aromatic heterocycles. The number of nitrogens with one attached hydrogen (secondary N) is 1. The lowest BCUT2D eigenvalue weighted by molar-refractivity contribution is -0.124. The minimum atomic E-state index is -3.83. The van der Waals surface area contributed by atoms with Gasteiger partial charge in [-0.2, -0.15) is 4.31 Å². The zero-order valence-electron chi connectivity index (χ0n) is 21.1. The van der Waals surface area contributed by atoms with Crippen LogP contribution in [-0.4, -0.2) is 60.2 Å². The van der Waals surface area contributed by atoms with Crippen LogP contribution in [0.25, 0.3) is 0 Å². The van der Waals surface area contributed by atoms with Gasteiger partial charge in [0.1, 0.15) is 0 Å². The van der Waals surface area contributed by atoms with E-state index < -0.39 is 28.3 Å². The summed E-state index contributed by atoms with van der Waals surface area (Å²) in [5.41, 5.74) is 1.87. The highest BCUT2D eigenvalue weighted by Crippen LogP contribution is 2.19. The van der Waals surface area contributed by atoms with E-state index in [4.69, 9.17) is 0 Å². The summed E-state index contributed by atoms with van der Waals surface area (Å²) in [6.45, 7) is 5.86. The van der Waals surface area contributed by atoms with Crippen molar-refractivity contribution in [1.29, 1.82) is 0 Å². The summed E-state index contributed by atoms with van der Waals surface area (Å²) >= 11 is 0. The molecule has 0 fully saturated rings. The van der Waals surface area contributed by atoms with Gasteiger partial charge in [-0.1, -0.05) is 74.7 Å². The highest BCUT2D eigenvalue weighted by molar-refractivity contribution is 7.89. The molecule has 2 aromatic rings. The third-order valence-corrected chi connectivity index (χ3v) is 7.94. The van der Waals surface area contributed by atoms with Gasteiger partial charge in [-0.25, -0.2) is 8.42 Å². The van der Waals surface area contributed by atoms with E-state index in [1.54, 1.807) is 31.2 Å². The number of aliphatic hydroxyl groups is 2. The molecule has 0 radical (unpaired) electrons. The molecule has 2 aromatic carbocycles. The number of hydrogen-bond acceptors (Lipinski definition) is 5. The summed E-state index contributed by atoms with van der Waals surface area (Å²) in [7, 11) is -3.83. The number of carbonyl (C=O) groups excluding carboxylic acids is 1. The van der Waals surface area contributed by atoms with Gasteiger partial charge in [0.25, 0.3) is 0 Å². The number of sulfonamides is 1. The number of rotatable bonds is 15. The Morgan fingerprint density at radius 2 is 1.66 bits per heavy atom. The Morgan fingerprint density at radius 3 is 2.26 bits per heavy atom. The van der Waals surface area contributed by atoms with Gasteiger partial charge in [0.2, 0.25) is 15.9 Å². The van der Waals surface area contributed by atoms with Crippen molar-refractivity contribution < 1.29 is 23.4 Å². The molecule has 0 spiro atoms. The van der Waals surface area contributed by atoms with Crippen LogP contribution in [0.15, 0.2) is 59.5 Å². The van der Waals surface area contributed by atoms with Crippen molar-refractivity contribution in [2.24, 2.45) is 0 Å². The standard InChI is InChI=1S/C27H40N2O5S/c1-4-6-10-17-29(35(33,34)24-15-13-21(3)14-16-24)20-26(31)25(18-22-11-8-7-9-12-22)28-27(32)19-23(30)5-2/h7-9,11-16,23,25-26,30-31H,4-6,10,17-20H2,1-3H3,(H,28,32)/t23-,25+,26-/m1/s1. The molecular weight excluding hydrogens is 464 g/mol. The van der Waals surface area contributed by atoms with Crippen LogP contribution in [0.1, 0.15) is 57.1 Å². The lowest BCUT2D eigenvalue weighted by Gasteiger charge is -2.30. The van der Waals surface area contributed by atoms with Crippen LogP contribution in [-0.2, 0) is 21.2 Å². The Balaban J connectivity index is 2.27. The van der Waals surface area contributed by atoms with E-state index in [2.05, 4.69) is 5.32 Å². The zero-order valence-corrected chi connectivity index (χ0v) is 21.9. The average Bonchev–Trinajstić information content (AvgIpc) is 2.83. The smallest absolute Gasteiger partial charge is 0.243 e. The number of benzene rings is 2. The first kappa shape index (κ1) is 29.0. The molecule has 0 saturated heterocycles. The third-order valence-electron chi connectivity index (χ3n) is 6.06. The van der Waals surface area contributed by atoms with Crippen LogP contribution in [0.4, 0.5) is 0 Å². The molecule has 0 bridgehead atoms. The van der Waals surface area contributed by atoms with Gasteiger partial charge in [-0.05, 0) is 43.9 Å². The van der Waals surface area contributed by atoms with Crippen LogP contribution in [0.2, 0.25) is 0 Å². The summed E-state index contributed by atoms with van der Waals surface area (Å²) in [5.74, 6) is -0.377. The molecule has 35 heavy (non-hydrogen) atoms. The first-order valence-electron chi connectivity index (χ1n) is 12.4. The predicted molar refractivity (Wildman–Crippen MR) is 138 cm³/mol. The Morgan fingerprint density at radius 1 is 1.00 bits per heavy atom. The fraction of sp³-hybridized carbons (Fsp3) is 0.519. The highest BCUT2D eigenvalue weighted by atomic mass is 32.2. The summed E-state index contributed by atoms with van der Waals surface area (Å²) in [6.07, 6.45) is 1.28. The fourth-order valence-electron chi connectivity index (χ4n) is 3.82. The molecule has 0 aliphatic heterocycles. The van der Waals surface area contributed by atoms with Gasteiger partial charge < -0.3 is 15.5 Å². The van der Waals surface area contributed by atoms with Crippen LogP contribution in [0.5, 0.6) is 0 Å². The van der Waals surface area contributed by atoms with Crippen molar-refractivity contribution in [2.45, 2.75) is 82.4 Å². The van der Waals surface area contributed by atoms with E-state index in [1.165, 1.54) is 4.31 Å². The quantitative estimate of drug-likeness (QED) is 0.322. The van der Waals surface area contributed by atoms with Crippen molar-refractivity contribution in [2.75, 3.05) is 13.1 Å². The van der Waals surface area contributed by atoms with E-state index in [0.717, 1.165) is 24.0 Å². The zero-order chi connectivity index (χ0) is 25.8. The van der Waals surface area contributed by atoms with Crippen LogP contribution >= 0.6 is 0 Å². The van der Waals surface area contributed by atoms with Crippen molar-refractivity contribution >= 4 is 15.9 Å². The predicted octanol–water partition coefficient (Wildman–Crippen LogP) is 3.43. The Hall–Kier alpha value is -2.26. The minimum absolute atomic E-state index is 0.0730. The molecule has 0 unspecified atom stereocenters. The molecule has 0 saturated carbocycles. The Bertz CT molecular complexity index is 996. The molecule has 7 nitrogen and oxygen atoms in total. The molecule has 2 rings (SSSR count). The number of aryl methyl sites for hydroxylation is 1. The lowest BCUT2D eigenvalue weighted by Crippen LogP contribution is -2.51. The number of nitrogens with zero attached hydrogens (tertiary/aromatic N) is 1. The molecule has 3 N–H and O–H groups in total. The molecule has 0 aliphatic carbocycles. The SMILES string of the molecule is CCCCCN(C[C@@H](O)[C@H](Cc1ccccc1)NC(=O)C[C@H](O)CC)S(=O)(=O)c1ccc(C)cc1. The molecule has 0 aliphatic rings. The highest BCUT2D eigenvalue weighted by Gasteiger charge is 2.30. The molecule has 3 atom stereocenters. The average molecular weight is 505 g/mol. The largest absolute Gasteiger partial charge is 0.393 e. The second kappa shape index (κ2) is 14.3. The first-order valence-corrected chi connectivity index (χ1v) is 13.9. The summed E-state index contributed by atoms with van der Waals surface area (Å²) in [4.78, 5) is 12.7. The third kappa shape index (κ3) is 9.37. The number of unbranched alkanes of at least 4 members (excludes halogenated alkanes) is 2. The number of amides is 1. The van der Waals surface area contributed by atoms with Crippen molar-refractivity contribution in [3.63, 3.8) is 0 Å². The number of carbonyl (C=O) groups is 1. The lowest BCUT2D eigenvalue weighted by atomic mass is 10.0. The maximum atomic E-state index is 13.5. The van der Waals surface area contributed by atoms with Crippen LogP contribution in [0.3, 0.4) is 0 Å². The van der Waals surface area contributed by atoms with Crippen LogP contribution < -0.4 is 5.32 Å². The van der Waals surface area contributed by atoms with Gasteiger partial charge in [-0.3, -0.25) is 4.79 Å². The van der Waals surface area contributed by atoms with Gasteiger partial charge in [0.05, 0.1) is 29.6 Å². The van der Waals surface area contributed by atoms with E-state index in [0.29, 0.717) is 19.3 Å². The van der Waals surface area contributed by atoms with E-state index >= 15 is 0 Å². The molecule has 8 heteroatoms. The van der Waals surface area contributed by atoms with Crippen molar-refractivity contribution in [3.8, 4) is 0 Å². The maximum absolute atomic E-state index is 13.5. The van der Waals surface area contributed by atoms with E-state index in [-0.39, 0.29) is 30.3 Å². The molecular formula is C27H40N2O5S. The fourth-order valence-corrected chi connectivity index (χ4v) is 5.31. The summed E-state index contributed by atoms with van der Waals surface area (Å²) in [5, 5.41) is 23.9. The maximum Gasteiger partial charge on any atom is 0.243 e. The normalized spacial score (nSPS) is 14.5. The molecule has 194 valence electrons. The second-order valence-electron chi connectivity index (χ2n) is 9.08. The number of aliphatic hydroxyl groups excluding tert-OH is 2. The van der Waals surface area contributed by atoms with Gasteiger partial charge in [0, 0.05) is 13.1 Å². The monoisotopic (exact) mass is 504 g/mol. The molecule has 0 heterocycles. The van der Waals surface area contributed by atoms with Gasteiger partial charge >= 0.3 is 0 Å². The van der Waals surface area contributed by atoms with E-state index in [9.17, 15) is 23.4 Å². The summed E-state index contributed by atoms with van der Waals surface area (Å²) in [6, 6.07) is 15.4. The first-order chi connectivity index (χ1) is 16.7. The van der Waals surface area contributed by atoms with Crippen LogP contribution in [0, 0.1) is 6.92 Å². The van der Waals surface area contributed by atoms with Gasteiger partial charge in [-0.15, -0.1) is 0 Å². The summed E-state index contributed by atoms with van der Waals surface area (Å²) < 4.78 is 28.2. The van der Waals surface area contributed by atoms with Crippen molar-refractivity contribution in [3.05, 3.63) is 65.7 Å². The van der Waals surface area contributed by atoms with E-state index in [1.807, 2.05) is 44.2 Å². The van der Waals surface area contributed by atoms with Crippen molar-refractivity contribution in [1.82, 2.24) is 9.62 Å². The number of hydrogen-bond donors (Lipinski definition) is 3. The van der Waals surface area contributed by atoms with Gasteiger partial charge in [0.15, 0.2) is 0 Å². The Labute approximate surface area is 210 Å². The minimum Gasteiger partial charge on any atom is -0.393 e. The Kier molecular flexibility index (Phi) is 11.9. The molecule has 1 amide bonds.